The first-order chi connectivity index (χ1) is 14.8. The van der Waals surface area contributed by atoms with Crippen molar-refractivity contribution in [2.75, 3.05) is 39.3 Å². The van der Waals surface area contributed by atoms with Gasteiger partial charge in [-0.05, 0) is 22.6 Å². The molecule has 2 aromatic carbocycles. The van der Waals surface area contributed by atoms with Crippen LogP contribution in [0.5, 0.6) is 0 Å². The Hall–Kier alpha value is -2.02. The van der Waals surface area contributed by atoms with Crippen molar-refractivity contribution < 1.29 is 9.84 Å². The highest BCUT2D eigenvalue weighted by Gasteiger charge is 2.27. The predicted molar refractivity (Wildman–Crippen MR) is 123 cm³/mol. The van der Waals surface area contributed by atoms with E-state index in [1.54, 1.807) is 11.3 Å². The quantitative estimate of drug-likeness (QED) is 0.565. The number of aliphatic hydroxyl groups is 1. The number of hydrogen-bond donors (Lipinski definition) is 1. The van der Waals surface area contributed by atoms with Gasteiger partial charge in [0.25, 0.3) is 0 Å². The van der Waals surface area contributed by atoms with Gasteiger partial charge in [-0.2, -0.15) is 0 Å². The molecule has 1 fully saturated rings. The van der Waals surface area contributed by atoms with Gasteiger partial charge in [0.15, 0.2) is 0 Å². The molecule has 158 valence electrons. The van der Waals surface area contributed by atoms with Crippen molar-refractivity contribution in [3.8, 4) is 0 Å². The molecule has 0 spiro atoms. The summed E-state index contributed by atoms with van der Waals surface area (Å²) in [6.45, 7) is 5.51. The van der Waals surface area contributed by atoms with E-state index < -0.39 is 6.10 Å². The van der Waals surface area contributed by atoms with Crippen LogP contribution in [0.1, 0.15) is 22.0 Å². The highest BCUT2D eigenvalue weighted by atomic mass is 32.1. The zero-order valence-corrected chi connectivity index (χ0v) is 18.1. The zero-order valence-electron chi connectivity index (χ0n) is 17.3. The van der Waals surface area contributed by atoms with Gasteiger partial charge in [0, 0.05) is 37.6 Å². The molecule has 1 aliphatic rings. The summed E-state index contributed by atoms with van der Waals surface area (Å²) in [5.74, 6) is 0. The summed E-state index contributed by atoms with van der Waals surface area (Å²) < 4.78 is 5.68. The summed E-state index contributed by atoms with van der Waals surface area (Å²) in [5.41, 5.74) is 2.67. The van der Waals surface area contributed by atoms with Crippen LogP contribution < -0.4 is 0 Å². The second-order valence-electron chi connectivity index (χ2n) is 7.81. The molecule has 4 nitrogen and oxygen atoms in total. The Balaban J connectivity index is 1.30. The number of nitrogens with zero attached hydrogens (tertiary/aromatic N) is 2. The van der Waals surface area contributed by atoms with Crippen molar-refractivity contribution in [3.63, 3.8) is 0 Å². The van der Waals surface area contributed by atoms with E-state index in [0.717, 1.165) is 26.2 Å². The van der Waals surface area contributed by atoms with Gasteiger partial charge < -0.3 is 9.84 Å². The maximum Gasteiger partial charge on any atom is 0.0900 e. The molecule has 2 heterocycles. The molecule has 3 aromatic rings. The topological polar surface area (TPSA) is 35.9 Å². The predicted octanol–water partition coefficient (Wildman–Crippen LogP) is 4.03. The Morgan fingerprint density at radius 2 is 1.47 bits per heavy atom. The average Bonchev–Trinajstić information content (AvgIpc) is 3.30. The van der Waals surface area contributed by atoms with Crippen LogP contribution in [-0.4, -0.2) is 60.3 Å². The van der Waals surface area contributed by atoms with Crippen molar-refractivity contribution in [1.82, 2.24) is 9.80 Å². The summed E-state index contributed by atoms with van der Waals surface area (Å²) in [5, 5.41) is 12.4. The van der Waals surface area contributed by atoms with Crippen molar-refractivity contribution in [2.24, 2.45) is 0 Å². The zero-order chi connectivity index (χ0) is 20.6. The molecule has 30 heavy (non-hydrogen) atoms. The summed E-state index contributed by atoms with van der Waals surface area (Å²) in [4.78, 5) is 6.10. The molecule has 5 heteroatoms. The maximum absolute atomic E-state index is 10.4. The third-order valence-corrected chi connectivity index (χ3v) is 6.46. The fourth-order valence-corrected chi connectivity index (χ4v) is 4.77. The summed E-state index contributed by atoms with van der Waals surface area (Å²) in [6, 6.07) is 25.9. The van der Waals surface area contributed by atoms with Crippen LogP contribution in [0, 0.1) is 0 Å². The molecular weight excluding hydrogens is 392 g/mol. The second-order valence-corrected chi connectivity index (χ2v) is 8.84. The molecule has 1 atom stereocenters. The molecule has 0 amide bonds. The normalized spacial score (nSPS) is 16.7. The molecule has 1 aliphatic heterocycles. The van der Waals surface area contributed by atoms with E-state index in [-0.39, 0.29) is 6.04 Å². The van der Waals surface area contributed by atoms with E-state index in [9.17, 15) is 5.11 Å². The number of rotatable bonds is 9. The molecule has 4 rings (SSSR count). The minimum atomic E-state index is -0.449. The van der Waals surface area contributed by atoms with Crippen molar-refractivity contribution in [3.05, 3.63) is 94.2 Å². The number of benzene rings is 2. The molecular formula is C25H30N2O2S. The van der Waals surface area contributed by atoms with Crippen LogP contribution >= 0.6 is 11.3 Å². The molecule has 1 unspecified atom stereocenters. The fraction of sp³-hybridized carbons (Fsp3) is 0.360. The first-order valence-corrected chi connectivity index (χ1v) is 11.5. The van der Waals surface area contributed by atoms with Crippen molar-refractivity contribution >= 4 is 11.3 Å². The lowest BCUT2D eigenvalue weighted by Crippen LogP contribution is -2.50. The Bertz CT molecular complexity index is 810. The van der Waals surface area contributed by atoms with Gasteiger partial charge in [-0.1, -0.05) is 66.7 Å². The van der Waals surface area contributed by atoms with Gasteiger partial charge in [0.05, 0.1) is 25.4 Å². The Morgan fingerprint density at radius 1 is 0.833 bits per heavy atom. The van der Waals surface area contributed by atoms with Crippen molar-refractivity contribution in [1.29, 1.82) is 0 Å². The molecule has 1 N–H and O–H groups in total. The Labute approximate surface area is 183 Å². The first kappa shape index (κ1) is 21.2. The van der Waals surface area contributed by atoms with Crippen molar-refractivity contribution in [2.45, 2.75) is 18.8 Å². The Morgan fingerprint density at radius 3 is 2.03 bits per heavy atom. The average molecular weight is 423 g/mol. The number of thiophene rings is 1. The second kappa shape index (κ2) is 10.8. The smallest absolute Gasteiger partial charge is 0.0900 e. The van der Waals surface area contributed by atoms with E-state index in [4.69, 9.17) is 4.74 Å². The van der Waals surface area contributed by atoms with Crippen LogP contribution in [0.4, 0.5) is 0 Å². The van der Waals surface area contributed by atoms with Crippen LogP contribution in [-0.2, 0) is 11.3 Å². The maximum atomic E-state index is 10.4. The van der Waals surface area contributed by atoms with E-state index >= 15 is 0 Å². The fourth-order valence-electron chi connectivity index (χ4n) is 4.13. The van der Waals surface area contributed by atoms with Gasteiger partial charge in [-0.3, -0.25) is 9.80 Å². The highest BCUT2D eigenvalue weighted by molar-refractivity contribution is 7.09. The number of hydrogen-bond acceptors (Lipinski definition) is 5. The minimum absolute atomic E-state index is 0.272. The lowest BCUT2D eigenvalue weighted by Gasteiger charge is -2.40. The third-order valence-electron chi connectivity index (χ3n) is 5.61. The van der Waals surface area contributed by atoms with Gasteiger partial charge >= 0.3 is 0 Å². The summed E-state index contributed by atoms with van der Waals surface area (Å²) in [6.07, 6.45) is -0.449. The largest absolute Gasteiger partial charge is 0.389 e. The Kier molecular flexibility index (Phi) is 7.67. The molecule has 1 aromatic heterocycles. The SMILES string of the molecule is OC(COCc1cccs1)CN1CCN(C(c2ccccc2)c2ccccc2)CC1. The highest BCUT2D eigenvalue weighted by Crippen LogP contribution is 2.29. The first-order valence-electron chi connectivity index (χ1n) is 10.6. The number of aliphatic hydroxyl groups excluding tert-OH is 1. The molecule has 0 saturated carbocycles. The van der Waals surface area contributed by atoms with Crippen LogP contribution in [0.3, 0.4) is 0 Å². The number of ether oxygens (including phenoxy) is 1. The monoisotopic (exact) mass is 422 g/mol. The lowest BCUT2D eigenvalue weighted by molar-refractivity contribution is -0.0000846. The molecule has 0 aliphatic carbocycles. The number of piperazine rings is 1. The molecule has 0 bridgehead atoms. The lowest BCUT2D eigenvalue weighted by atomic mass is 9.96. The van der Waals surface area contributed by atoms with E-state index in [1.807, 2.05) is 11.4 Å². The molecule has 0 radical (unpaired) electrons. The van der Waals surface area contributed by atoms with Gasteiger partial charge in [-0.15, -0.1) is 11.3 Å². The van der Waals surface area contributed by atoms with Crippen LogP contribution in [0.2, 0.25) is 0 Å². The molecule has 1 saturated heterocycles. The number of β-amino-alcohol motifs (C(OH)–C–C–N with tert-alkyl or cyclic N) is 1. The van der Waals surface area contributed by atoms with Gasteiger partial charge in [0.1, 0.15) is 0 Å². The summed E-state index contributed by atoms with van der Waals surface area (Å²) in [7, 11) is 0. The minimum Gasteiger partial charge on any atom is -0.389 e. The van der Waals surface area contributed by atoms with Gasteiger partial charge in [-0.25, -0.2) is 0 Å². The standard InChI is InChI=1S/C25H30N2O2S/c28-23(19-29-20-24-12-7-17-30-24)18-26-13-15-27(16-14-26)25(21-8-3-1-4-9-21)22-10-5-2-6-11-22/h1-12,17,23,25,28H,13-16,18-20H2. The van der Waals surface area contributed by atoms with E-state index in [1.165, 1.54) is 16.0 Å². The van der Waals surface area contributed by atoms with Crippen LogP contribution in [0.25, 0.3) is 0 Å². The third kappa shape index (κ3) is 5.78. The van der Waals surface area contributed by atoms with Crippen LogP contribution in [0.15, 0.2) is 78.2 Å². The summed E-state index contributed by atoms with van der Waals surface area (Å²) >= 11 is 1.69. The van der Waals surface area contributed by atoms with E-state index in [2.05, 4.69) is 76.5 Å². The van der Waals surface area contributed by atoms with Gasteiger partial charge in [0.2, 0.25) is 0 Å². The van der Waals surface area contributed by atoms with E-state index in [0.29, 0.717) is 19.8 Å².